The average molecular weight is 363 g/mol. The van der Waals surface area contributed by atoms with Crippen LogP contribution in [-0.4, -0.2) is 10.8 Å². The van der Waals surface area contributed by atoms with Gasteiger partial charge in [0.25, 0.3) is 5.91 Å². The smallest absolute Gasteiger partial charge is 0.256 e. The van der Waals surface area contributed by atoms with E-state index in [0.29, 0.717) is 11.6 Å². The van der Waals surface area contributed by atoms with E-state index in [-0.39, 0.29) is 12.1 Å². The van der Waals surface area contributed by atoms with E-state index in [1.165, 1.54) is 0 Å². The van der Waals surface area contributed by atoms with Crippen LogP contribution in [0.3, 0.4) is 0 Å². The Kier molecular flexibility index (Phi) is 4.39. The molecule has 1 N–H and O–H groups in total. The number of fused-ring (bicyclic) bond motifs is 1. The first-order valence-electron chi connectivity index (χ1n) is 8.60. The highest BCUT2D eigenvalue weighted by Crippen LogP contribution is 2.36. The van der Waals surface area contributed by atoms with Crippen LogP contribution in [0.15, 0.2) is 72.8 Å². The first-order valence-corrected chi connectivity index (χ1v) is 8.98. The molecule has 3 aromatic rings. The van der Waals surface area contributed by atoms with Crippen LogP contribution in [0.1, 0.15) is 33.2 Å². The number of carbonyl (C=O) groups is 1. The van der Waals surface area contributed by atoms with Crippen molar-refractivity contribution >= 4 is 23.2 Å². The van der Waals surface area contributed by atoms with Crippen molar-refractivity contribution in [3.05, 3.63) is 100 Å². The van der Waals surface area contributed by atoms with E-state index < -0.39 is 0 Å². The molecule has 0 aliphatic carbocycles. The number of nitrogens with one attached hydrogen (secondary N) is 1. The Balaban J connectivity index is 1.72. The number of hydrogen-bond acceptors (Lipinski definition) is 2. The highest BCUT2D eigenvalue weighted by atomic mass is 35.5. The summed E-state index contributed by atoms with van der Waals surface area (Å²) in [6.45, 7) is 2.58. The molecule has 0 bridgehead atoms. The molecule has 4 heteroatoms. The van der Waals surface area contributed by atoms with Gasteiger partial charge in [-0.15, -0.1) is 0 Å². The third kappa shape index (κ3) is 3.06. The van der Waals surface area contributed by atoms with Crippen LogP contribution in [-0.2, 0) is 6.54 Å². The lowest BCUT2D eigenvalue weighted by Crippen LogP contribution is -2.32. The quantitative estimate of drug-likeness (QED) is 0.672. The van der Waals surface area contributed by atoms with Gasteiger partial charge in [0.05, 0.1) is 0 Å². The Labute approximate surface area is 158 Å². The summed E-state index contributed by atoms with van der Waals surface area (Å²) in [5.41, 5.74) is 4.87. The van der Waals surface area contributed by atoms with E-state index in [4.69, 9.17) is 11.6 Å². The minimum Gasteiger partial charge on any atom is -0.361 e. The molecule has 1 atom stereocenters. The molecule has 0 spiro atoms. The summed E-state index contributed by atoms with van der Waals surface area (Å²) >= 11 is 6.18. The van der Waals surface area contributed by atoms with Crippen molar-refractivity contribution in [2.75, 3.05) is 5.32 Å². The lowest BCUT2D eigenvalue weighted by atomic mass is 10.1. The number of anilines is 1. The lowest BCUT2D eigenvalue weighted by molar-refractivity contribution is 0.0728. The van der Waals surface area contributed by atoms with Gasteiger partial charge in [0.15, 0.2) is 0 Å². The molecule has 0 saturated heterocycles. The number of amides is 1. The number of carbonyl (C=O) groups excluding carboxylic acids is 1. The molecule has 3 aromatic carbocycles. The maximum absolute atomic E-state index is 13.0. The fraction of sp³-hybridized carbons (Fsp3) is 0.136. The third-order valence-corrected chi connectivity index (χ3v) is 4.98. The van der Waals surface area contributed by atoms with Gasteiger partial charge in [-0.05, 0) is 36.2 Å². The normalized spacial score (nSPS) is 15.8. The molecule has 0 unspecified atom stereocenters. The largest absolute Gasteiger partial charge is 0.361 e. The molecule has 0 fully saturated rings. The predicted octanol–water partition coefficient (Wildman–Crippen LogP) is 5.42. The summed E-state index contributed by atoms with van der Waals surface area (Å²) in [7, 11) is 0. The van der Waals surface area contributed by atoms with Gasteiger partial charge in [-0.2, -0.15) is 0 Å². The number of rotatable bonds is 4. The average Bonchev–Trinajstić information content (AvgIpc) is 2.92. The molecular weight excluding hydrogens is 344 g/mol. The summed E-state index contributed by atoms with van der Waals surface area (Å²) < 4.78 is 0. The molecule has 1 aliphatic rings. The standard InChI is InChI=1S/C22H19ClN2O/c1-15-11-12-17(23)13-20(15)24-21-18-9-5-6-10-19(18)22(26)25(21)14-16-7-3-2-4-8-16/h2-13,21,24H,14H2,1H3/t21-/m0/s1. The number of aryl methyl sites for hydroxylation is 1. The van der Waals surface area contributed by atoms with Crippen LogP contribution in [0.5, 0.6) is 0 Å². The number of nitrogens with zero attached hydrogens (tertiary/aromatic N) is 1. The molecule has 26 heavy (non-hydrogen) atoms. The van der Waals surface area contributed by atoms with E-state index in [1.54, 1.807) is 0 Å². The summed E-state index contributed by atoms with van der Waals surface area (Å²) in [6, 6.07) is 23.6. The number of halogens is 1. The molecule has 130 valence electrons. The first kappa shape index (κ1) is 16.7. The van der Waals surface area contributed by atoms with Crippen molar-refractivity contribution in [2.45, 2.75) is 19.6 Å². The zero-order valence-corrected chi connectivity index (χ0v) is 15.2. The summed E-state index contributed by atoms with van der Waals surface area (Å²) in [4.78, 5) is 14.9. The van der Waals surface area contributed by atoms with Crippen molar-refractivity contribution in [1.82, 2.24) is 4.90 Å². The van der Waals surface area contributed by atoms with Crippen molar-refractivity contribution < 1.29 is 4.79 Å². The molecule has 1 amide bonds. The third-order valence-electron chi connectivity index (χ3n) is 4.75. The van der Waals surface area contributed by atoms with Gasteiger partial charge in [-0.1, -0.05) is 66.2 Å². The minimum absolute atomic E-state index is 0.0432. The van der Waals surface area contributed by atoms with Crippen molar-refractivity contribution in [1.29, 1.82) is 0 Å². The van der Waals surface area contributed by atoms with E-state index in [2.05, 4.69) is 5.32 Å². The Bertz CT molecular complexity index is 955. The summed E-state index contributed by atoms with van der Waals surface area (Å²) in [5.74, 6) is 0.0432. The maximum Gasteiger partial charge on any atom is 0.256 e. The zero-order chi connectivity index (χ0) is 18.1. The monoisotopic (exact) mass is 362 g/mol. The first-order chi connectivity index (χ1) is 12.6. The van der Waals surface area contributed by atoms with Gasteiger partial charge in [0, 0.05) is 28.4 Å². The van der Waals surface area contributed by atoms with Gasteiger partial charge >= 0.3 is 0 Å². The van der Waals surface area contributed by atoms with E-state index >= 15 is 0 Å². The van der Waals surface area contributed by atoms with Crippen LogP contribution < -0.4 is 5.32 Å². The van der Waals surface area contributed by atoms with E-state index in [9.17, 15) is 4.79 Å². The van der Waals surface area contributed by atoms with Gasteiger partial charge < -0.3 is 10.2 Å². The molecule has 3 nitrogen and oxygen atoms in total. The zero-order valence-electron chi connectivity index (χ0n) is 14.4. The second-order valence-corrected chi connectivity index (χ2v) is 6.95. The second-order valence-electron chi connectivity index (χ2n) is 6.51. The predicted molar refractivity (Wildman–Crippen MR) is 105 cm³/mol. The van der Waals surface area contributed by atoms with E-state index in [0.717, 1.165) is 27.9 Å². The molecule has 1 heterocycles. The number of hydrogen-bond donors (Lipinski definition) is 1. The molecule has 0 aromatic heterocycles. The maximum atomic E-state index is 13.0. The Morgan fingerprint density at radius 3 is 2.54 bits per heavy atom. The molecule has 4 rings (SSSR count). The fourth-order valence-corrected chi connectivity index (χ4v) is 3.54. The van der Waals surface area contributed by atoms with Crippen molar-refractivity contribution in [2.24, 2.45) is 0 Å². The van der Waals surface area contributed by atoms with Gasteiger partial charge in [-0.25, -0.2) is 0 Å². The molecule has 1 aliphatic heterocycles. The molecule has 0 radical (unpaired) electrons. The number of benzene rings is 3. The topological polar surface area (TPSA) is 32.3 Å². The Morgan fingerprint density at radius 1 is 1.00 bits per heavy atom. The summed E-state index contributed by atoms with van der Waals surface area (Å²) in [5, 5.41) is 4.20. The fourth-order valence-electron chi connectivity index (χ4n) is 3.37. The van der Waals surface area contributed by atoms with Crippen molar-refractivity contribution in [3.63, 3.8) is 0 Å². The second kappa shape index (κ2) is 6.85. The van der Waals surface area contributed by atoms with Crippen LogP contribution in [0.25, 0.3) is 0 Å². The highest BCUT2D eigenvalue weighted by molar-refractivity contribution is 6.30. The highest BCUT2D eigenvalue weighted by Gasteiger charge is 2.36. The van der Waals surface area contributed by atoms with Gasteiger partial charge in [0.1, 0.15) is 6.17 Å². The van der Waals surface area contributed by atoms with Crippen molar-refractivity contribution in [3.8, 4) is 0 Å². The van der Waals surface area contributed by atoms with Gasteiger partial charge in [0.2, 0.25) is 0 Å². The van der Waals surface area contributed by atoms with Gasteiger partial charge in [-0.3, -0.25) is 4.79 Å². The Hall–Kier alpha value is -2.78. The van der Waals surface area contributed by atoms with E-state index in [1.807, 2.05) is 84.6 Å². The SMILES string of the molecule is Cc1ccc(Cl)cc1N[C@@H]1c2ccccc2C(=O)N1Cc1ccccc1. The van der Waals surface area contributed by atoms with Crippen LogP contribution in [0.2, 0.25) is 5.02 Å². The van der Waals surface area contributed by atoms with Crippen LogP contribution >= 0.6 is 11.6 Å². The Morgan fingerprint density at radius 2 is 1.73 bits per heavy atom. The lowest BCUT2D eigenvalue weighted by Gasteiger charge is -2.28. The van der Waals surface area contributed by atoms with Crippen LogP contribution in [0, 0.1) is 6.92 Å². The van der Waals surface area contributed by atoms with Crippen LogP contribution in [0.4, 0.5) is 5.69 Å². The minimum atomic E-state index is -0.226. The summed E-state index contributed by atoms with van der Waals surface area (Å²) in [6.07, 6.45) is -0.226. The molecular formula is C22H19ClN2O. The molecule has 0 saturated carbocycles.